The number of aliphatic imine (C=N–C) groups is 1. The molecule has 2 aliphatic rings. The largest absolute Gasteiger partial charge is 0.348 e. The molecular formula is C7H6N2O. The molecule has 3 heteroatoms. The molecule has 2 heterocycles. The Hall–Kier alpha value is -1.38. The highest BCUT2D eigenvalue weighted by Gasteiger charge is 2.14. The highest BCUT2D eigenvalue weighted by atomic mass is 16.1. The van der Waals surface area contributed by atoms with Gasteiger partial charge in [-0.1, -0.05) is 0 Å². The molecule has 1 amide bonds. The number of hydrogen-bond donors (Lipinski definition) is 1. The molecule has 0 saturated carbocycles. The Morgan fingerprint density at radius 2 is 2.50 bits per heavy atom. The van der Waals surface area contributed by atoms with Crippen LogP contribution in [0.15, 0.2) is 28.4 Å². The van der Waals surface area contributed by atoms with Gasteiger partial charge in [-0.3, -0.25) is 9.79 Å². The van der Waals surface area contributed by atoms with Crippen molar-refractivity contribution < 1.29 is 4.79 Å². The average Bonchev–Trinajstić information content (AvgIpc) is 2.33. The van der Waals surface area contributed by atoms with Crippen LogP contribution in [0, 0.1) is 0 Å². The van der Waals surface area contributed by atoms with E-state index in [2.05, 4.69) is 10.3 Å². The number of rotatable bonds is 0. The minimum absolute atomic E-state index is 0.0498. The zero-order chi connectivity index (χ0) is 6.97. The van der Waals surface area contributed by atoms with Gasteiger partial charge in [-0.2, -0.15) is 0 Å². The molecule has 0 spiro atoms. The number of amides is 1. The van der Waals surface area contributed by atoms with E-state index in [1.807, 2.05) is 6.08 Å². The lowest BCUT2D eigenvalue weighted by Gasteiger charge is -2.09. The van der Waals surface area contributed by atoms with E-state index in [0.717, 1.165) is 11.3 Å². The molecule has 50 valence electrons. The summed E-state index contributed by atoms with van der Waals surface area (Å²) in [6.07, 6.45) is 5.13. The molecule has 0 saturated heterocycles. The standard InChI is InChI=1S/C7H6N2O/c10-7-3-6-5(4-9-7)1-2-8-6/h1-3H,4H2,(H,9,10). The van der Waals surface area contributed by atoms with Crippen LogP contribution in [0.25, 0.3) is 0 Å². The summed E-state index contributed by atoms with van der Waals surface area (Å²) in [5.41, 5.74) is 1.91. The Balaban J connectivity index is 2.43. The van der Waals surface area contributed by atoms with E-state index in [9.17, 15) is 4.79 Å². The minimum atomic E-state index is -0.0498. The van der Waals surface area contributed by atoms with E-state index < -0.39 is 0 Å². The lowest BCUT2D eigenvalue weighted by atomic mass is 10.1. The number of nitrogens with zero attached hydrogens (tertiary/aromatic N) is 1. The maximum atomic E-state index is 10.7. The van der Waals surface area contributed by atoms with E-state index in [1.54, 1.807) is 6.21 Å². The first-order chi connectivity index (χ1) is 4.86. The molecule has 0 fully saturated rings. The lowest BCUT2D eigenvalue weighted by molar-refractivity contribution is -0.116. The van der Waals surface area contributed by atoms with Crippen LogP contribution in [0.4, 0.5) is 0 Å². The fraction of sp³-hybridized carbons (Fsp3) is 0.143. The Morgan fingerprint density at radius 3 is 3.40 bits per heavy atom. The summed E-state index contributed by atoms with van der Waals surface area (Å²) in [6, 6.07) is 0. The first-order valence-electron chi connectivity index (χ1n) is 3.09. The highest BCUT2D eigenvalue weighted by Crippen LogP contribution is 2.17. The molecule has 0 radical (unpaired) electrons. The van der Waals surface area contributed by atoms with Gasteiger partial charge >= 0.3 is 0 Å². The maximum absolute atomic E-state index is 10.7. The quantitative estimate of drug-likeness (QED) is 0.498. The van der Waals surface area contributed by atoms with Crippen molar-refractivity contribution in [1.82, 2.24) is 5.32 Å². The zero-order valence-corrected chi connectivity index (χ0v) is 5.29. The Morgan fingerprint density at radius 1 is 1.60 bits per heavy atom. The van der Waals surface area contributed by atoms with E-state index in [4.69, 9.17) is 0 Å². The van der Waals surface area contributed by atoms with Gasteiger partial charge in [0.05, 0.1) is 5.70 Å². The van der Waals surface area contributed by atoms with Crippen molar-refractivity contribution >= 4 is 12.1 Å². The van der Waals surface area contributed by atoms with Crippen molar-refractivity contribution in [3.8, 4) is 0 Å². The van der Waals surface area contributed by atoms with E-state index in [1.165, 1.54) is 6.08 Å². The predicted molar refractivity (Wildman–Crippen MR) is 37.7 cm³/mol. The normalized spacial score (nSPS) is 21.4. The van der Waals surface area contributed by atoms with Gasteiger partial charge in [0.25, 0.3) is 0 Å². The summed E-state index contributed by atoms with van der Waals surface area (Å²) in [7, 11) is 0. The molecule has 10 heavy (non-hydrogen) atoms. The first-order valence-corrected chi connectivity index (χ1v) is 3.09. The molecule has 0 aliphatic carbocycles. The SMILES string of the molecule is O=C1C=C2N=CC=C2CN1. The van der Waals surface area contributed by atoms with Gasteiger partial charge < -0.3 is 5.32 Å². The topological polar surface area (TPSA) is 41.5 Å². The second-order valence-electron chi connectivity index (χ2n) is 2.22. The molecular weight excluding hydrogens is 128 g/mol. The van der Waals surface area contributed by atoms with Crippen LogP contribution in [0.1, 0.15) is 0 Å². The molecule has 0 aromatic rings. The van der Waals surface area contributed by atoms with Crippen molar-refractivity contribution in [2.24, 2.45) is 4.99 Å². The number of allylic oxidation sites excluding steroid dienone is 1. The molecule has 3 nitrogen and oxygen atoms in total. The van der Waals surface area contributed by atoms with Crippen LogP contribution >= 0.6 is 0 Å². The minimum Gasteiger partial charge on any atom is -0.348 e. The van der Waals surface area contributed by atoms with Crippen LogP contribution in [0.5, 0.6) is 0 Å². The summed E-state index contributed by atoms with van der Waals surface area (Å²) >= 11 is 0. The number of carbonyl (C=O) groups is 1. The predicted octanol–water partition coefficient (Wildman–Crippen LogP) is 0.0109. The summed E-state index contributed by atoms with van der Waals surface area (Å²) in [5, 5.41) is 2.69. The van der Waals surface area contributed by atoms with Gasteiger partial charge in [0.1, 0.15) is 0 Å². The van der Waals surface area contributed by atoms with Gasteiger partial charge in [-0.25, -0.2) is 0 Å². The van der Waals surface area contributed by atoms with Crippen LogP contribution in [-0.2, 0) is 4.79 Å². The third-order valence-electron chi connectivity index (χ3n) is 1.54. The monoisotopic (exact) mass is 134 g/mol. The summed E-state index contributed by atoms with van der Waals surface area (Å²) < 4.78 is 0. The van der Waals surface area contributed by atoms with Gasteiger partial charge in [0.15, 0.2) is 0 Å². The molecule has 2 rings (SSSR count). The van der Waals surface area contributed by atoms with Gasteiger partial charge in [-0.05, 0) is 11.6 Å². The molecule has 0 aromatic heterocycles. The van der Waals surface area contributed by atoms with Crippen LogP contribution < -0.4 is 5.32 Å². The number of carbonyl (C=O) groups excluding carboxylic acids is 1. The summed E-state index contributed by atoms with van der Waals surface area (Å²) in [6.45, 7) is 0.616. The second kappa shape index (κ2) is 1.80. The maximum Gasteiger partial charge on any atom is 0.246 e. The number of nitrogens with one attached hydrogen (secondary N) is 1. The summed E-state index contributed by atoms with van der Waals surface area (Å²) in [4.78, 5) is 14.7. The molecule has 0 bridgehead atoms. The molecule has 2 aliphatic heterocycles. The van der Waals surface area contributed by atoms with Crippen LogP contribution in [0.3, 0.4) is 0 Å². The lowest BCUT2D eigenvalue weighted by Crippen LogP contribution is -2.27. The Kier molecular flexibility index (Phi) is 0.974. The zero-order valence-electron chi connectivity index (χ0n) is 5.29. The highest BCUT2D eigenvalue weighted by molar-refractivity contribution is 5.93. The van der Waals surface area contributed by atoms with Crippen molar-refractivity contribution in [2.45, 2.75) is 0 Å². The van der Waals surface area contributed by atoms with Gasteiger partial charge in [0.2, 0.25) is 5.91 Å². The molecule has 0 aromatic carbocycles. The smallest absolute Gasteiger partial charge is 0.246 e. The van der Waals surface area contributed by atoms with E-state index >= 15 is 0 Å². The van der Waals surface area contributed by atoms with Gasteiger partial charge in [-0.15, -0.1) is 0 Å². The van der Waals surface area contributed by atoms with E-state index in [-0.39, 0.29) is 5.91 Å². The molecule has 1 N–H and O–H groups in total. The second-order valence-corrected chi connectivity index (χ2v) is 2.22. The van der Waals surface area contributed by atoms with Crippen LogP contribution in [0.2, 0.25) is 0 Å². The van der Waals surface area contributed by atoms with Gasteiger partial charge in [0, 0.05) is 18.8 Å². The van der Waals surface area contributed by atoms with Crippen LogP contribution in [-0.4, -0.2) is 18.7 Å². The number of hydrogen-bond acceptors (Lipinski definition) is 2. The van der Waals surface area contributed by atoms with Crippen molar-refractivity contribution in [3.63, 3.8) is 0 Å². The number of fused-ring (bicyclic) bond motifs is 1. The summed E-state index contributed by atoms with van der Waals surface area (Å²) in [5.74, 6) is -0.0498. The Labute approximate surface area is 58.1 Å². The van der Waals surface area contributed by atoms with Crippen molar-refractivity contribution in [1.29, 1.82) is 0 Å². The Bertz CT molecular complexity index is 273. The third kappa shape index (κ3) is 0.673. The molecule has 0 atom stereocenters. The van der Waals surface area contributed by atoms with Crippen molar-refractivity contribution in [2.75, 3.05) is 6.54 Å². The molecule has 0 unspecified atom stereocenters. The fourth-order valence-electron chi connectivity index (χ4n) is 1.01. The third-order valence-corrected chi connectivity index (χ3v) is 1.54. The fourth-order valence-corrected chi connectivity index (χ4v) is 1.01. The van der Waals surface area contributed by atoms with Crippen molar-refractivity contribution in [3.05, 3.63) is 23.4 Å². The first kappa shape index (κ1) is 5.41. The average molecular weight is 134 g/mol. The van der Waals surface area contributed by atoms with E-state index in [0.29, 0.717) is 6.54 Å².